The summed E-state index contributed by atoms with van der Waals surface area (Å²) in [4.78, 5) is 11.7. The van der Waals surface area contributed by atoms with Crippen molar-refractivity contribution in [2.24, 2.45) is 11.7 Å². The minimum Gasteiger partial charge on any atom is -0.371 e. The van der Waals surface area contributed by atoms with Crippen molar-refractivity contribution in [3.63, 3.8) is 0 Å². The van der Waals surface area contributed by atoms with Crippen molar-refractivity contribution >= 4 is 11.6 Å². The van der Waals surface area contributed by atoms with E-state index in [1.807, 2.05) is 0 Å². The molecule has 0 saturated heterocycles. The summed E-state index contributed by atoms with van der Waals surface area (Å²) in [6.07, 6.45) is 3.57. The molecule has 1 fully saturated rings. The van der Waals surface area contributed by atoms with Crippen molar-refractivity contribution in [1.82, 2.24) is 0 Å². The van der Waals surface area contributed by atoms with Gasteiger partial charge in [-0.05, 0) is 49.4 Å². The number of nitrogens with one attached hydrogen (secondary N) is 1. The summed E-state index contributed by atoms with van der Waals surface area (Å²) in [5.74, 6) is -0.0697. The van der Waals surface area contributed by atoms with Crippen molar-refractivity contribution in [2.45, 2.75) is 38.1 Å². The SMILES string of the molecule is CCC1CCC(Nc2ccc(F)cc2)(C(N)=O)C1. The summed E-state index contributed by atoms with van der Waals surface area (Å²) >= 11 is 0. The van der Waals surface area contributed by atoms with Gasteiger partial charge in [-0.2, -0.15) is 0 Å². The van der Waals surface area contributed by atoms with E-state index in [2.05, 4.69) is 12.2 Å². The zero-order valence-electron chi connectivity index (χ0n) is 10.6. The van der Waals surface area contributed by atoms with Crippen LogP contribution in [0.2, 0.25) is 0 Å². The third-order valence-corrected chi connectivity index (χ3v) is 3.89. The third-order valence-electron chi connectivity index (χ3n) is 3.89. The van der Waals surface area contributed by atoms with E-state index in [9.17, 15) is 9.18 Å². The Kier molecular flexibility index (Phi) is 3.55. The summed E-state index contributed by atoms with van der Waals surface area (Å²) in [6.45, 7) is 2.12. The highest BCUT2D eigenvalue weighted by atomic mass is 19.1. The maximum Gasteiger partial charge on any atom is 0.243 e. The number of hydrogen-bond donors (Lipinski definition) is 2. The Balaban J connectivity index is 2.17. The van der Waals surface area contributed by atoms with Gasteiger partial charge in [0, 0.05) is 5.69 Å². The molecule has 1 aromatic rings. The molecule has 0 bridgehead atoms. The van der Waals surface area contributed by atoms with Gasteiger partial charge in [0.05, 0.1) is 0 Å². The highest BCUT2D eigenvalue weighted by Gasteiger charge is 2.43. The topological polar surface area (TPSA) is 55.1 Å². The smallest absolute Gasteiger partial charge is 0.243 e. The highest BCUT2D eigenvalue weighted by molar-refractivity contribution is 5.88. The molecule has 3 nitrogen and oxygen atoms in total. The first-order chi connectivity index (χ1) is 8.55. The zero-order chi connectivity index (χ0) is 13.2. The lowest BCUT2D eigenvalue weighted by Crippen LogP contribution is -2.48. The summed E-state index contributed by atoms with van der Waals surface area (Å²) < 4.78 is 12.9. The number of carbonyl (C=O) groups is 1. The van der Waals surface area contributed by atoms with Crippen molar-refractivity contribution in [3.8, 4) is 0 Å². The van der Waals surface area contributed by atoms with E-state index in [-0.39, 0.29) is 11.7 Å². The van der Waals surface area contributed by atoms with Crippen LogP contribution in [0.4, 0.5) is 10.1 Å². The molecule has 1 aromatic carbocycles. The number of anilines is 1. The molecule has 0 radical (unpaired) electrons. The predicted molar refractivity (Wildman–Crippen MR) is 69.6 cm³/mol. The fourth-order valence-corrected chi connectivity index (χ4v) is 2.70. The average Bonchev–Trinajstić information content (AvgIpc) is 2.77. The number of amides is 1. The number of nitrogens with two attached hydrogens (primary N) is 1. The Morgan fingerprint density at radius 1 is 1.50 bits per heavy atom. The molecule has 18 heavy (non-hydrogen) atoms. The second-order valence-electron chi connectivity index (χ2n) is 5.10. The minimum absolute atomic E-state index is 0.286. The summed E-state index contributed by atoms with van der Waals surface area (Å²) in [5.41, 5.74) is 5.63. The number of carbonyl (C=O) groups excluding carboxylic acids is 1. The molecular formula is C14H19FN2O. The Morgan fingerprint density at radius 3 is 2.67 bits per heavy atom. The summed E-state index contributed by atoms with van der Waals surface area (Å²) in [5, 5.41) is 3.20. The summed E-state index contributed by atoms with van der Waals surface area (Å²) in [7, 11) is 0. The lowest BCUT2D eigenvalue weighted by atomic mass is 9.93. The molecule has 1 aliphatic rings. The average molecular weight is 250 g/mol. The molecule has 2 atom stereocenters. The molecular weight excluding hydrogens is 231 g/mol. The van der Waals surface area contributed by atoms with E-state index < -0.39 is 5.54 Å². The number of halogens is 1. The lowest BCUT2D eigenvalue weighted by Gasteiger charge is -2.28. The number of rotatable bonds is 4. The Hall–Kier alpha value is -1.58. The summed E-state index contributed by atoms with van der Waals surface area (Å²) in [6, 6.07) is 6.03. The normalized spacial score (nSPS) is 27.1. The van der Waals surface area contributed by atoms with E-state index in [0.29, 0.717) is 5.92 Å². The van der Waals surface area contributed by atoms with Crippen LogP contribution in [0.3, 0.4) is 0 Å². The van der Waals surface area contributed by atoms with Gasteiger partial charge < -0.3 is 11.1 Å². The molecule has 0 heterocycles. The molecule has 1 saturated carbocycles. The maximum absolute atomic E-state index is 12.9. The van der Waals surface area contributed by atoms with Gasteiger partial charge >= 0.3 is 0 Å². The van der Waals surface area contributed by atoms with E-state index in [0.717, 1.165) is 31.4 Å². The quantitative estimate of drug-likeness (QED) is 0.863. The second-order valence-corrected chi connectivity index (χ2v) is 5.10. The molecule has 0 aromatic heterocycles. The van der Waals surface area contributed by atoms with Crippen LogP contribution in [0.15, 0.2) is 24.3 Å². The maximum atomic E-state index is 12.9. The van der Waals surface area contributed by atoms with Gasteiger partial charge in [-0.15, -0.1) is 0 Å². The molecule has 2 rings (SSSR count). The first-order valence-corrected chi connectivity index (χ1v) is 6.39. The van der Waals surface area contributed by atoms with Crippen LogP contribution in [0.5, 0.6) is 0 Å². The number of hydrogen-bond acceptors (Lipinski definition) is 2. The van der Waals surface area contributed by atoms with Crippen LogP contribution in [-0.4, -0.2) is 11.4 Å². The molecule has 2 unspecified atom stereocenters. The molecule has 3 N–H and O–H groups in total. The fourth-order valence-electron chi connectivity index (χ4n) is 2.70. The van der Waals surface area contributed by atoms with Crippen LogP contribution in [-0.2, 0) is 4.79 Å². The standard InChI is InChI=1S/C14H19FN2O/c1-2-10-7-8-14(9-10,13(16)18)17-12-5-3-11(15)4-6-12/h3-6,10,17H,2,7-9H2,1H3,(H2,16,18). The Bertz CT molecular complexity index is 432. The Labute approximate surface area is 107 Å². The van der Waals surface area contributed by atoms with E-state index in [1.54, 1.807) is 12.1 Å². The monoisotopic (exact) mass is 250 g/mol. The number of primary amides is 1. The first kappa shape index (κ1) is 12.9. The van der Waals surface area contributed by atoms with Crippen molar-refractivity contribution in [3.05, 3.63) is 30.1 Å². The van der Waals surface area contributed by atoms with Crippen molar-refractivity contribution < 1.29 is 9.18 Å². The molecule has 0 aliphatic heterocycles. The van der Waals surface area contributed by atoms with E-state index in [1.165, 1.54) is 12.1 Å². The lowest BCUT2D eigenvalue weighted by molar-refractivity contribution is -0.122. The second kappa shape index (κ2) is 4.96. The minimum atomic E-state index is -0.668. The molecule has 4 heteroatoms. The fraction of sp³-hybridized carbons (Fsp3) is 0.500. The van der Waals surface area contributed by atoms with Crippen molar-refractivity contribution in [2.75, 3.05) is 5.32 Å². The van der Waals surface area contributed by atoms with Crippen LogP contribution in [0.1, 0.15) is 32.6 Å². The van der Waals surface area contributed by atoms with Gasteiger partial charge in [0.2, 0.25) is 5.91 Å². The highest BCUT2D eigenvalue weighted by Crippen LogP contribution is 2.38. The molecule has 98 valence electrons. The van der Waals surface area contributed by atoms with Crippen LogP contribution < -0.4 is 11.1 Å². The Morgan fingerprint density at radius 2 is 2.17 bits per heavy atom. The van der Waals surface area contributed by atoms with Gasteiger partial charge in [0.15, 0.2) is 0 Å². The van der Waals surface area contributed by atoms with Gasteiger partial charge in [-0.3, -0.25) is 4.79 Å². The number of benzene rings is 1. The van der Waals surface area contributed by atoms with Gasteiger partial charge in [-0.1, -0.05) is 13.3 Å². The predicted octanol–water partition coefficient (Wildman–Crippen LogP) is 2.67. The van der Waals surface area contributed by atoms with Crippen LogP contribution >= 0.6 is 0 Å². The van der Waals surface area contributed by atoms with Crippen LogP contribution in [0, 0.1) is 11.7 Å². The molecule has 0 spiro atoms. The largest absolute Gasteiger partial charge is 0.371 e. The van der Waals surface area contributed by atoms with E-state index >= 15 is 0 Å². The van der Waals surface area contributed by atoms with Gasteiger partial charge in [0.25, 0.3) is 0 Å². The zero-order valence-corrected chi connectivity index (χ0v) is 10.6. The van der Waals surface area contributed by atoms with Gasteiger partial charge in [-0.25, -0.2) is 4.39 Å². The first-order valence-electron chi connectivity index (χ1n) is 6.39. The molecule has 1 amide bonds. The third kappa shape index (κ3) is 2.47. The van der Waals surface area contributed by atoms with Crippen LogP contribution in [0.25, 0.3) is 0 Å². The van der Waals surface area contributed by atoms with Gasteiger partial charge in [0.1, 0.15) is 11.4 Å². The molecule has 1 aliphatic carbocycles. The van der Waals surface area contributed by atoms with E-state index in [4.69, 9.17) is 5.73 Å². The van der Waals surface area contributed by atoms with Crippen molar-refractivity contribution in [1.29, 1.82) is 0 Å².